The summed E-state index contributed by atoms with van der Waals surface area (Å²) in [6, 6.07) is 2.30. The van der Waals surface area contributed by atoms with Crippen molar-refractivity contribution in [2.75, 3.05) is 13.1 Å². The molecule has 0 aromatic carbocycles. The monoisotopic (exact) mass is 252 g/mol. The zero-order valence-electron chi connectivity index (χ0n) is 10.5. The summed E-state index contributed by atoms with van der Waals surface area (Å²) in [6.07, 6.45) is 1.52. The summed E-state index contributed by atoms with van der Waals surface area (Å²) in [5, 5.41) is 10.6. The van der Waals surface area contributed by atoms with E-state index in [4.69, 9.17) is 0 Å². The number of hydrogen-bond donors (Lipinski definition) is 2. The topological polar surface area (TPSA) is 41.1 Å². The third kappa shape index (κ3) is 3.30. The first-order valence-corrected chi connectivity index (χ1v) is 7.03. The van der Waals surface area contributed by atoms with E-state index in [1.807, 2.05) is 16.8 Å². The molecular formula is C13H20N2OS. The highest BCUT2D eigenvalue weighted by Gasteiger charge is 2.32. The van der Waals surface area contributed by atoms with Gasteiger partial charge in [-0.15, -0.1) is 0 Å². The average Bonchev–Trinajstić information content (AvgIpc) is 2.73. The Labute approximate surface area is 107 Å². The van der Waals surface area contributed by atoms with Crippen LogP contribution in [0.1, 0.15) is 25.8 Å². The van der Waals surface area contributed by atoms with Gasteiger partial charge in [0.25, 0.3) is 0 Å². The van der Waals surface area contributed by atoms with Crippen LogP contribution in [0, 0.1) is 5.41 Å². The summed E-state index contributed by atoms with van der Waals surface area (Å²) in [4.78, 5) is 11.9. The molecule has 0 bridgehead atoms. The van der Waals surface area contributed by atoms with Crippen molar-refractivity contribution in [3.63, 3.8) is 0 Å². The molecule has 0 aliphatic carbocycles. The van der Waals surface area contributed by atoms with Crippen molar-refractivity contribution in [2.24, 2.45) is 5.41 Å². The van der Waals surface area contributed by atoms with E-state index in [-0.39, 0.29) is 17.4 Å². The van der Waals surface area contributed by atoms with Crippen molar-refractivity contribution in [3.05, 3.63) is 22.4 Å². The fraction of sp³-hybridized carbons (Fsp3) is 0.615. The minimum Gasteiger partial charge on any atom is -0.352 e. The van der Waals surface area contributed by atoms with Crippen LogP contribution >= 0.6 is 11.3 Å². The molecule has 0 spiro atoms. The highest BCUT2D eigenvalue weighted by molar-refractivity contribution is 7.07. The molecule has 1 aromatic rings. The van der Waals surface area contributed by atoms with Crippen LogP contribution in [0.5, 0.6) is 0 Å². The van der Waals surface area contributed by atoms with E-state index in [1.165, 1.54) is 0 Å². The van der Waals surface area contributed by atoms with Crippen LogP contribution in [0.25, 0.3) is 0 Å². The number of amides is 1. The van der Waals surface area contributed by atoms with Gasteiger partial charge in [-0.05, 0) is 40.8 Å². The number of carbonyl (C=O) groups excluding carboxylic acids is 1. The summed E-state index contributed by atoms with van der Waals surface area (Å²) < 4.78 is 0. The molecule has 17 heavy (non-hydrogen) atoms. The van der Waals surface area contributed by atoms with Gasteiger partial charge in [-0.3, -0.25) is 4.79 Å². The van der Waals surface area contributed by atoms with Crippen LogP contribution in [-0.2, 0) is 11.2 Å². The minimum absolute atomic E-state index is 0.141. The molecule has 2 N–H and O–H groups in total. The van der Waals surface area contributed by atoms with Crippen molar-refractivity contribution < 1.29 is 4.79 Å². The fourth-order valence-corrected chi connectivity index (χ4v) is 2.93. The van der Waals surface area contributed by atoms with Gasteiger partial charge in [-0.2, -0.15) is 11.3 Å². The third-order valence-corrected chi connectivity index (χ3v) is 4.15. The zero-order valence-corrected chi connectivity index (χ0v) is 11.3. The lowest BCUT2D eigenvalue weighted by Crippen LogP contribution is -2.54. The molecule has 1 saturated heterocycles. The lowest BCUT2D eigenvalue weighted by Gasteiger charge is -2.39. The molecular weight excluding hydrogens is 232 g/mol. The first-order valence-electron chi connectivity index (χ1n) is 6.09. The predicted molar refractivity (Wildman–Crippen MR) is 71.2 cm³/mol. The van der Waals surface area contributed by atoms with Crippen LogP contribution in [0.4, 0.5) is 0 Å². The Hall–Kier alpha value is -0.870. The van der Waals surface area contributed by atoms with Crippen molar-refractivity contribution >= 4 is 17.2 Å². The Morgan fingerprint density at radius 1 is 1.65 bits per heavy atom. The van der Waals surface area contributed by atoms with Crippen LogP contribution in [0.3, 0.4) is 0 Å². The highest BCUT2D eigenvalue weighted by Crippen LogP contribution is 2.25. The van der Waals surface area contributed by atoms with Gasteiger partial charge < -0.3 is 10.6 Å². The molecule has 0 saturated carbocycles. The summed E-state index contributed by atoms with van der Waals surface area (Å²) in [5.41, 5.74) is 1.25. The summed E-state index contributed by atoms with van der Waals surface area (Å²) in [5.74, 6) is 0.142. The van der Waals surface area contributed by atoms with Crippen LogP contribution < -0.4 is 10.6 Å². The third-order valence-electron chi connectivity index (χ3n) is 3.41. The number of piperidine rings is 1. The van der Waals surface area contributed by atoms with E-state index in [0.717, 1.165) is 25.1 Å². The van der Waals surface area contributed by atoms with Crippen molar-refractivity contribution in [2.45, 2.75) is 32.7 Å². The number of thiophene rings is 1. The maximum atomic E-state index is 11.9. The molecule has 3 nitrogen and oxygen atoms in total. The maximum Gasteiger partial charge on any atom is 0.224 e. The fourth-order valence-electron chi connectivity index (χ4n) is 2.26. The van der Waals surface area contributed by atoms with E-state index < -0.39 is 0 Å². The number of carbonyl (C=O) groups is 1. The standard InChI is InChI=1S/C13H20N2OS/c1-13(2)9-14-5-3-11(13)15-12(16)7-10-4-6-17-8-10/h4,6,8,11,14H,3,5,7,9H2,1-2H3,(H,15,16). The second kappa shape index (κ2) is 5.19. The van der Waals surface area contributed by atoms with Crippen LogP contribution in [0.2, 0.25) is 0 Å². The second-order valence-corrected chi connectivity index (χ2v) is 6.16. The average molecular weight is 252 g/mol. The van der Waals surface area contributed by atoms with E-state index in [9.17, 15) is 4.79 Å². The molecule has 2 rings (SSSR count). The van der Waals surface area contributed by atoms with Crippen molar-refractivity contribution in [1.29, 1.82) is 0 Å². The summed E-state index contributed by atoms with van der Waals surface area (Å²) in [7, 11) is 0. The van der Waals surface area contributed by atoms with E-state index in [0.29, 0.717) is 6.42 Å². The molecule has 2 heterocycles. The molecule has 1 aliphatic heterocycles. The maximum absolute atomic E-state index is 11.9. The summed E-state index contributed by atoms with van der Waals surface area (Å²) in [6.45, 7) is 6.37. The first-order chi connectivity index (χ1) is 8.08. The largest absolute Gasteiger partial charge is 0.352 e. The Morgan fingerprint density at radius 2 is 2.47 bits per heavy atom. The van der Waals surface area contributed by atoms with Gasteiger partial charge in [0.1, 0.15) is 0 Å². The molecule has 4 heteroatoms. The normalized spacial score (nSPS) is 23.3. The number of hydrogen-bond acceptors (Lipinski definition) is 3. The molecule has 0 radical (unpaired) electrons. The predicted octanol–water partition coefficient (Wildman–Crippen LogP) is 1.79. The smallest absolute Gasteiger partial charge is 0.224 e. The van der Waals surface area contributed by atoms with E-state index >= 15 is 0 Å². The summed E-state index contributed by atoms with van der Waals surface area (Å²) >= 11 is 1.64. The van der Waals surface area contributed by atoms with Crippen LogP contribution in [-0.4, -0.2) is 25.0 Å². The first kappa shape index (κ1) is 12.6. The molecule has 1 amide bonds. The van der Waals surface area contributed by atoms with E-state index in [1.54, 1.807) is 11.3 Å². The van der Waals surface area contributed by atoms with Crippen molar-refractivity contribution in [3.8, 4) is 0 Å². The SMILES string of the molecule is CC1(C)CNCCC1NC(=O)Cc1ccsc1. The van der Waals surface area contributed by atoms with Crippen LogP contribution in [0.15, 0.2) is 16.8 Å². The van der Waals surface area contributed by atoms with Gasteiger partial charge in [-0.25, -0.2) is 0 Å². The number of nitrogens with one attached hydrogen (secondary N) is 2. The molecule has 1 fully saturated rings. The molecule has 1 atom stereocenters. The van der Waals surface area contributed by atoms with Gasteiger partial charge in [0, 0.05) is 12.6 Å². The quantitative estimate of drug-likeness (QED) is 0.861. The van der Waals surface area contributed by atoms with E-state index in [2.05, 4.69) is 24.5 Å². The molecule has 1 unspecified atom stereocenters. The Bertz CT molecular complexity index is 373. The highest BCUT2D eigenvalue weighted by atomic mass is 32.1. The minimum atomic E-state index is 0.141. The van der Waals surface area contributed by atoms with Gasteiger partial charge >= 0.3 is 0 Å². The Kier molecular flexibility index (Phi) is 3.84. The van der Waals surface area contributed by atoms with Gasteiger partial charge in [0.2, 0.25) is 5.91 Å². The molecule has 94 valence electrons. The van der Waals surface area contributed by atoms with Crippen molar-refractivity contribution in [1.82, 2.24) is 10.6 Å². The lowest BCUT2D eigenvalue weighted by atomic mass is 9.80. The van der Waals surface area contributed by atoms with Gasteiger partial charge in [0.05, 0.1) is 6.42 Å². The Balaban J connectivity index is 1.89. The van der Waals surface area contributed by atoms with Gasteiger partial charge in [-0.1, -0.05) is 13.8 Å². The van der Waals surface area contributed by atoms with Gasteiger partial charge in [0.15, 0.2) is 0 Å². The molecule has 1 aliphatic rings. The zero-order chi connectivity index (χ0) is 12.3. The molecule has 1 aromatic heterocycles. The Morgan fingerprint density at radius 3 is 3.12 bits per heavy atom. The number of rotatable bonds is 3. The lowest BCUT2D eigenvalue weighted by molar-refractivity contribution is -0.122. The second-order valence-electron chi connectivity index (χ2n) is 5.38.